The maximum absolute atomic E-state index is 11.6. The van der Waals surface area contributed by atoms with Crippen LogP contribution in [-0.4, -0.2) is 34.9 Å². The normalized spacial score (nSPS) is 10.3. The summed E-state index contributed by atoms with van der Waals surface area (Å²) in [6.45, 7) is -0.405. The molecule has 0 saturated carbocycles. The second-order valence-corrected chi connectivity index (χ2v) is 4.24. The van der Waals surface area contributed by atoms with Crippen molar-refractivity contribution in [1.29, 1.82) is 0 Å². The van der Waals surface area contributed by atoms with Crippen molar-refractivity contribution >= 4 is 23.5 Å². The van der Waals surface area contributed by atoms with Crippen molar-refractivity contribution in [3.05, 3.63) is 56.1 Å². The molecule has 23 heavy (non-hydrogen) atoms. The predicted octanol–water partition coefficient (Wildman–Crippen LogP) is 0.892. The Morgan fingerprint density at radius 2 is 2.00 bits per heavy atom. The van der Waals surface area contributed by atoms with Crippen LogP contribution < -0.4 is 5.32 Å². The van der Waals surface area contributed by atoms with E-state index in [0.29, 0.717) is 5.56 Å². The lowest BCUT2D eigenvalue weighted by Gasteiger charge is -2.02. The third-order valence-electron chi connectivity index (χ3n) is 2.50. The van der Waals surface area contributed by atoms with E-state index >= 15 is 0 Å². The van der Waals surface area contributed by atoms with Gasteiger partial charge >= 0.3 is 0 Å². The van der Waals surface area contributed by atoms with Crippen molar-refractivity contribution in [1.82, 2.24) is 5.32 Å². The molecule has 0 radical (unpaired) electrons. The molecule has 1 aromatic carbocycles. The van der Waals surface area contributed by atoms with Gasteiger partial charge in [-0.05, 0) is 11.6 Å². The Hall–Kier alpha value is -3.30. The molecule has 122 valence electrons. The number of non-ortho nitro benzene ring substituents is 1. The largest absolute Gasteiger partial charge is 0.354 e. The Morgan fingerprint density at radius 1 is 1.26 bits per heavy atom. The lowest BCUT2D eigenvalue weighted by Crippen LogP contribution is -2.29. The second-order valence-electron chi connectivity index (χ2n) is 4.24. The van der Waals surface area contributed by atoms with Gasteiger partial charge in [0.2, 0.25) is 5.91 Å². The summed E-state index contributed by atoms with van der Waals surface area (Å²) in [5.41, 5.74) is 0.343. The van der Waals surface area contributed by atoms with Gasteiger partial charge in [-0.1, -0.05) is 18.2 Å². The molecule has 0 fully saturated rings. The van der Waals surface area contributed by atoms with Gasteiger partial charge in [-0.25, -0.2) is 0 Å². The highest BCUT2D eigenvalue weighted by Crippen LogP contribution is 2.14. The quantitative estimate of drug-likeness (QED) is 0.234. The first-order chi connectivity index (χ1) is 10.9. The van der Waals surface area contributed by atoms with Crippen LogP contribution in [-0.2, 0) is 14.4 Å². The van der Waals surface area contributed by atoms with E-state index in [1.165, 1.54) is 24.3 Å². The molecule has 10 nitrogen and oxygen atoms in total. The summed E-state index contributed by atoms with van der Waals surface area (Å²) in [6.07, 6.45) is 2.05. The minimum atomic E-state index is -0.987. The van der Waals surface area contributed by atoms with Crippen molar-refractivity contribution in [2.24, 2.45) is 0 Å². The highest BCUT2D eigenvalue weighted by Gasteiger charge is 2.07. The SMILES string of the molecule is O=C(C=Cc1cccc([N+](=O)[O-])c1)CC(=O)NCCO[N+](=O)[O-]. The number of amides is 1. The van der Waals surface area contributed by atoms with Gasteiger partial charge in [0.1, 0.15) is 6.61 Å². The Bertz CT molecular complexity index is 642. The number of nitrogens with zero attached hydrogens (tertiary/aromatic N) is 2. The predicted molar refractivity (Wildman–Crippen MR) is 77.7 cm³/mol. The van der Waals surface area contributed by atoms with Crippen molar-refractivity contribution in [2.75, 3.05) is 13.2 Å². The van der Waals surface area contributed by atoms with E-state index in [1.54, 1.807) is 6.07 Å². The number of hydrogen-bond donors (Lipinski definition) is 1. The van der Waals surface area contributed by atoms with E-state index in [1.807, 2.05) is 0 Å². The summed E-state index contributed by atoms with van der Waals surface area (Å²) in [6, 6.07) is 5.66. The molecule has 0 aromatic heterocycles. The average molecular weight is 323 g/mol. The minimum Gasteiger partial charge on any atom is -0.354 e. The zero-order valence-electron chi connectivity index (χ0n) is 11.8. The van der Waals surface area contributed by atoms with Crippen molar-refractivity contribution in [2.45, 2.75) is 6.42 Å². The van der Waals surface area contributed by atoms with Crippen LogP contribution in [0.25, 0.3) is 6.08 Å². The number of nitrogens with one attached hydrogen (secondary N) is 1. The first-order valence-corrected chi connectivity index (χ1v) is 6.38. The molecule has 0 atom stereocenters. The van der Waals surface area contributed by atoms with Crippen LogP contribution in [0.1, 0.15) is 12.0 Å². The van der Waals surface area contributed by atoms with E-state index in [4.69, 9.17) is 0 Å². The number of nitro groups is 1. The van der Waals surface area contributed by atoms with Crippen LogP contribution in [0.3, 0.4) is 0 Å². The Kier molecular flexibility index (Phi) is 6.85. The highest BCUT2D eigenvalue weighted by atomic mass is 16.9. The van der Waals surface area contributed by atoms with E-state index < -0.39 is 28.1 Å². The number of hydrogen-bond acceptors (Lipinski definition) is 7. The third kappa shape index (κ3) is 7.32. The first-order valence-electron chi connectivity index (χ1n) is 6.38. The molecular weight excluding hydrogens is 310 g/mol. The molecule has 0 bridgehead atoms. The first kappa shape index (κ1) is 17.8. The molecule has 1 amide bonds. The summed E-state index contributed by atoms with van der Waals surface area (Å²) >= 11 is 0. The van der Waals surface area contributed by atoms with Gasteiger partial charge in [0.05, 0.1) is 11.3 Å². The smallest absolute Gasteiger partial charge is 0.294 e. The van der Waals surface area contributed by atoms with Crippen LogP contribution in [0, 0.1) is 20.2 Å². The monoisotopic (exact) mass is 323 g/mol. The molecule has 1 aromatic rings. The molecular formula is C13H13N3O7. The van der Waals surface area contributed by atoms with Crippen LogP contribution in [0.4, 0.5) is 5.69 Å². The lowest BCUT2D eigenvalue weighted by molar-refractivity contribution is -0.757. The van der Waals surface area contributed by atoms with Crippen molar-refractivity contribution < 1.29 is 24.4 Å². The zero-order valence-corrected chi connectivity index (χ0v) is 11.8. The van der Waals surface area contributed by atoms with Crippen LogP contribution >= 0.6 is 0 Å². The van der Waals surface area contributed by atoms with Crippen molar-refractivity contribution in [3.63, 3.8) is 0 Å². The maximum Gasteiger partial charge on any atom is 0.294 e. The summed E-state index contributed by atoms with van der Waals surface area (Å²) in [5, 5.41) is 21.8. The molecule has 0 saturated heterocycles. The summed E-state index contributed by atoms with van der Waals surface area (Å²) < 4.78 is 0. The van der Waals surface area contributed by atoms with Crippen LogP contribution in [0.5, 0.6) is 0 Å². The van der Waals surface area contributed by atoms with Gasteiger partial charge in [-0.3, -0.25) is 19.7 Å². The number of rotatable bonds is 9. The fourth-order valence-corrected chi connectivity index (χ4v) is 1.52. The maximum atomic E-state index is 11.6. The van der Waals surface area contributed by atoms with Gasteiger partial charge in [0, 0.05) is 18.7 Å². The van der Waals surface area contributed by atoms with Crippen LogP contribution in [0.15, 0.2) is 30.3 Å². The molecule has 1 N–H and O–H groups in total. The van der Waals surface area contributed by atoms with Crippen molar-refractivity contribution in [3.8, 4) is 0 Å². The minimum absolute atomic E-state index is 0.0955. The molecule has 0 aliphatic rings. The average Bonchev–Trinajstić information content (AvgIpc) is 2.49. The number of carbonyl (C=O) groups excluding carboxylic acids is 2. The molecule has 0 unspecified atom stereocenters. The summed E-state index contributed by atoms with van der Waals surface area (Å²) in [4.78, 5) is 46.9. The van der Waals surface area contributed by atoms with E-state index in [2.05, 4.69) is 10.2 Å². The van der Waals surface area contributed by atoms with Gasteiger partial charge in [0.15, 0.2) is 5.78 Å². The van der Waals surface area contributed by atoms with E-state index in [0.717, 1.165) is 6.08 Å². The fraction of sp³-hybridized carbons (Fsp3) is 0.231. The topological polar surface area (TPSA) is 142 Å². The number of carbonyl (C=O) groups is 2. The summed E-state index contributed by atoms with van der Waals surface area (Å²) in [7, 11) is 0. The molecule has 10 heteroatoms. The lowest BCUT2D eigenvalue weighted by atomic mass is 10.1. The third-order valence-corrected chi connectivity index (χ3v) is 2.50. The van der Waals surface area contributed by atoms with Gasteiger partial charge < -0.3 is 10.2 Å². The standard InChI is InChI=1S/C13H13N3O7/c17-12(9-13(18)14-6-7-23-16(21)22)5-4-10-2-1-3-11(8-10)15(19)20/h1-5,8H,6-7,9H2,(H,14,18). The van der Waals surface area contributed by atoms with Crippen LogP contribution in [0.2, 0.25) is 0 Å². The van der Waals surface area contributed by atoms with E-state index in [9.17, 15) is 29.8 Å². The molecule has 0 aliphatic carbocycles. The highest BCUT2D eigenvalue weighted by molar-refractivity contribution is 6.05. The van der Waals surface area contributed by atoms with Gasteiger partial charge in [-0.15, -0.1) is 10.1 Å². The number of ketones is 1. The molecule has 1 rings (SSSR count). The zero-order chi connectivity index (χ0) is 17.2. The Labute approximate surface area is 130 Å². The molecule has 0 spiro atoms. The number of nitro benzene ring substituents is 1. The Balaban J connectivity index is 2.43. The second kappa shape index (κ2) is 8.87. The van der Waals surface area contributed by atoms with E-state index in [-0.39, 0.29) is 18.8 Å². The fourth-order valence-electron chi connectivity index (χ4n) is 1.52. The van der Waals surface area contributed by atoms with Gasteiger partial charge in [0.25, 0.3) is 10.8 Å². The summed E-state index contributed by atoms with van der Waals surface area (Å²) in [5.74, 6) is -1.12. The van der Waals surface area contributed by atoms with Gasteiger partial charge in [-0.2, -0.15) is 0 Å². The Morgan fingerprint density at radius 3 is 2.65 bits per heavy atom. The number of allylic oxidation sites excluding steroid dienone is 1. The number of benzene rings is 1. The molecule has 0 aliphatic heterocycles. The molecule has 0 heterocycles.